The molecule has 0 aromatic carbocycles. The summed E-state index contributed by atoms with van der Waals surface area (Å²) in [6, 6.07) is 0. The molecule has 0 atom stereocenters. The number of carbonyl (C=O) groups excluding carboxylic acids is 3. The van der Waals surface area contributed by atoms with Gasteiger partial charge in [-0.05, 0) is 0 Å². The van der Waals surface area contributed by atoms with Gasteiger partial charge in [-0.1, -0.05) is 0 Å². The minimum absolute atomic E-state index is 0.162. The Morgan fingerprint density at radius 1 is 1.25 bits per heavy atom. The van der Waals surface area contributed by atoms with E-state index in [1.165, 1.54) is 18.7 Å². The maximum atomic E-state index is 11.1. The van der Waals surface area contributed by atoms with Gasteiger partial charge in [0, 0.05) is 13.1 Å². The fraction of sp³-hybridized carbons (Fsp3) is 0.333. The van der Waals surface area contributed by atoms with Gasteiger partial charge in [0.25, 0.3) is 0 Å². The van der Waals surface area contributed by atoms with Crippen LogP contribution in [0.3, 0.4) is 0 Å². The van der Waals surface area contributed by atoms with Gasteiger partial charge in [-0.15, -0.1) is 0 Å². The summed E-state index contributed by atoms with van der Waals surface area (Å²) in [5.41, 5.74) is 0. The minimum atomic E-state index is -0.755. The first-order valence-electron chi connectivity index (χ1n) is 4.48. The van der Waals surface area contributed by atoms with E-state index in [-0.39, 0.29) is 12.8 Å². The van der Waals surface area contributed by atoms with Crippen molar-refractivity contribution >= 4 is 17.9 Å². The number of nitrogens with zero attached hydrogens (tertiary/aromatic N) is 2. The van der Waals surface area contributed by atoms with Crippen LogP contribution in [0.4, 0.5) is 0 Å². The topological polar surface area (TPSA) is 87.5 Å². The van der Waals surface area contributed by atoms with Crippen molar-refractivity contribution in [3.63, 3.8) is 0 Å². The second-order valence-electron chi connectivity index (χ2n) is 2.85. The smallest absolute Gasteiger partial charge is 0.333 e. The van der Waals surface area contributed by atoms with Crippen molar-refractivity contribution in [2.75, 3.05) is 0 Å². The maximum absolute atomic E-state index is 11.1. The second kappa shape index (κ2) is 5.64. The van der Waals surface area contributed by atoms with Crippen LogP contribution in [0.2, 0.25) is 0 Å². The van der Waals surface area contributed by atoms with Crippen molar-refractivity contribution in [3.8, 4) is 0 Å². The third kappa shape index (κ3) is 4.36. The van der Waals surface area contributed by atoms with Crippen LogP contribution in [0.1, 0.15) is 19.8 Å². The van der Waals surface area contributed by atoms with Crippen LogP contribution in [-0.2, 0) is 19.1 Å². The molecule has 86 valence electrons. The number of imidazole rings is 1. The Balaban J connectivity index is 2.25. The van der Waals surface area contributed by atoms with E-state index >= 15 is 0 Å². The largest absolute Gasteiger partial charge is 0.393 e. The lowest BCUT2D eigenvalue weighted by molar-refractivity contribution is -0.160. The van der Waals surface area contributed by atoms with Crippen LogP contribution in [0, 0.1) is 0 Å². The molecule has 0 saturated carbocycles. The van der Waals surface area contributed by atoms with Crippen molar-refractivity contribution in [1.82, 2.24) is 9.71 Å². The number of aromatic nitrogens is 2. The molecule has 7 heteroatoms. The number of ether oxygens (including phenoxy) is 1. The molecule has 16 heavy (non-hydrogen) atoms. The van der Waals surface area contributed by atoms with Crippen molar-refractivity contribution in [1.29, 1.82) is 0 Å². The molecule has 1 aromatic rings. The van der Waals surface area contributed by atoms with Gasteiger partial charge < -0.3 is 9.57 Å². The molecule has 1 aromatic heterocycles. The Bertz CT molecular complexity index is 385. The molecule has 0 aliphatic heterocycles. The van der Waals surface area contributed by atoms with E-state index in [4.69, 9.17) is 4.84 Å². The first kappa shape index (κ1) is 11.9. The Morgan fingerprint density at radius 3 is 2.50 bits per heavy atom. The van der Waals surface area contributed by atoms with Crippen LogP contribution >= 0.6 is 0 Å². The Kier molecular flexibility index (Phi) is 4.19. The van der Waals surface area contributed by atoms with Crippen molar-refractivity contribution in [3.05, 3.63) is 18.7 Å². The number of rotatable bonds is 4. The molecular weight excluding hydrogens is 216 g/mol. The lowest BCUT2D eigenvalue weighted by Gasteiger charge is -2.02. The summed E-state index contributed by atoms with van der Waals surface area (Å²) in [5, 5.41) is 0. The SMILES string of the molecule is CC(=O)OC(=O)CCC(=O)On1ccnc1. The molecule has 0 bridgehead atoms. The summed E-state index contributed by atoms with van der Waals surface area (Å²) in [5.74, 6) is -2.07. The Hall–Kier alpha value is -2.18. The van der Waals surface area contributed by atoms with E-state index < -0.39 is 17.9 Å². The number of carbonyl (C=O) groups is 3. The van der Waals surface area contributed by atoms with Gasteiger partial charge in [0.2, 0.25) is 0 Å². The number of hydrogen-bond acceptors (Lipinski definition) is 6. The van der Waals surface area contributed by atoms with Gasteiger partial charge in [0.15, 0.2) is 0 Å². The minimum Gasteiger partial charge on any atom is -0.393 e. The van der Waals surface area contributed by atoms with E-state index in [0.717, 1.165) is 11.7 Å². The normalized spacial score (nSPS) is 9.56. The van der Waals surface area contributed by atoms with E-state index in [0.29, 0.717) is 0 Å². The highest BCUT2D eigenvalue weighted by molar-refractivity contribution is 5.86. The molecule has 7 nitrogen and oxygen atoms in total. The molecule has 0 radical (unpaired) electrons. The van der Waals surface area contributed by atoms with Crippen LogP contribution in [0.25, 0.3) is 0 Å². The standard InChI is InChI=1S/C9H10N2O5/c1-7(12)15-8(13)2-3-9(14)16-11-5-4-10-6-11/h4-6H,2-3H2,1H3. The maximum Gasteiger partial charge on any atom is 0.333 e. The van der Waals surface area contributed by atoms with E-state index in [1.807, 2.05) is 0 Å². The summed E-state index contributed by atoms with van der Waals surface area (Å²) >= 11 is 0. The number of esters is 2. The highest BCUT2D eigenvalue weighted by Gasteiger charge is 2.11. The van der Waals surface area contributed by atoms with Crippen LogP contribution in [0.15, 0.2) is 18.7 Å². The van der Waals surface area contributed by atoms with Crippen molar-refractivity contribution in [2.45, 2.75) is 19.8 Å². The molecule has 1 rings (SSSR count). The van der Waals surface area contributed by atoms with Gasteiger partial charge in [-0.25, -0.2) is 9.78 Å². The molecule has 0 N–H and O–H groups in total. The fourth-order valence-electron chi connectivity index (χ4n) is 0.880. The van der Waals surface area contributed by atoms with Gasteiger partial charge in [0.05, 0.1) is 19.0 Å². The van der Waals surface area contributed by atoms with E-state index in [2.05, 4.69) is 9.72 Å². The molecule has 0 spiro atoms. The average molecular weight is 226 g/mol. The Morgan fingerprint density at radius 2 is 1.94 bits per heavy atom. The molecule has 0 fully saturated rings. The zero-order chi connectivity index (χ0) is 12.0. The summed E-state index contributed by atoms with van der Waals surface area (Å²) in [6.45, 7) is 1.11. The van der Waals surface area contributed by atoms with E-state index in [9.17, 15) is 14.4 Å². The third-order valence-electron chi connectivity index (χ3n) is 1.48. The summed E-state index contributed by atoms with van der Waals surface area (Å²) in [6.07, 6.45) is 3.81. The van der Waals surface area contributed by atoms with Gasteiger partial charge in [-0.2, -0.15) is 4.73 Å². The fourth-order valence-corrected chi connectivity index (χ4v) is 0.880. The lowest BCUT2D eigenvalue weighted by atomic mass is 10.3. The van der Waals surface area contributed by atoms with Crippen molar-refractivity contribution in [2.24, 2.45) is 0 Å². The molecule has 0 amide bonds. The monoisotopic (exact) mass is 226 g/mol. The first-order chi connectivity index (χ1) is 7.58. The van der Waals surface area contributed by atoms with Crippen LogP contribution in [0.5, 0.6) is 0 Å². The van der Waals surface area contributed by atoms with Gasteiger partial charge in [-0.3, -0.25) is 9.59 Å². The number of hydrogen-bond donors (Lipinski definition) is 0. The highest BCUT2D eigenvalue weighted by atomic mass is 16.7. The molecule has 0 aliphatic rings. The highest BCUT2D eigenvalue weighted by Crippen LogP contribution is 1.95. The predicted molar refractivity (Wildman–Crippen MR) is 49.8 cm³/mol. The van der Waals surface area contributed by atoms with E-state index in [1.54, 1.807) is 0 Å². The zero-order valence-electron chi connectivity index (χ0n) is 8.58. The summed E-state index contributed by atoms with van der Waals surface area (Å²) < 4.78 is 5.34. The predicted octanol–water partition coefficient (Wildman–Crippen LogP) is -0.292. The molecular formula is C9H10N2O5. The molecule has 0 unspecified atom stereocenters. The van der Waals surface area contributed by atoms with Gasteiger partial charge >= 0.3 is 17.9 Å². The first-order valence-corrected chi connectivity index (χ1v) is 4.48. The van der Waals surface area contributed by atoms with Crippen LogP contribution in [-0.4, -0.2) is 27.6 Å². The lowest BCUT2D eigenvalue weighted by Crippen LogP contribution is -2.20. The van der Waals surface area contributed by atoms with Crippen LogP contribution < -0.4 is 4.84 Å². The summed E-state index contributed by atoms with van der Waals surface area (Å²) in [4.78, 5) is 40.8. The molecule has 0 aliphatic carbocycles. The molecule has 0 saturated heterocycles. The molecule has 1 heterocycles. The summed E-state index contributed by atoms with van der Waals surface area (Å²) in [7, 11) is 0. The quantitative estimate of drug-likeness (QED) is 0.517. The second-order valence-corrected chi connectivity index (χ2v) is 2.85. The Labute approximate surface area is 90.9 Å². The average Bonchev–Trinajstić information content (AvgIpc) is 2.66. The van der Waals surface area contributed by atoms with Gasteiger partial charge in [0.1, 0.15) is 6.33 Å². The van der Waals surface area contributed by atoms with Crippen molar-refractivity contribution < 1.29 is 24.0 Å². The zero-order valence-corrected chi connectivity index (χ0v) is 8.58. The third-order valence-corrected chi connectivity index (χ3v) is 1.48.